The third kappa shape index (κ3) is 1.75. The van der Waals surface area contributed by atoms with E-state index in [1.54, 1.807) is 6.08 Å². The summed E-state index contributed by atoms with van der Waals surface area (Å²) in [5.74, 6) is 0. The van der Waals surface area contributed by atoms with Crippen molar-refractivity contribution in [1.29, 1.82) is 10.5 Å². The Morgan fingerprint density at radius 1 is 1.13 bits per heavy atom. The normalized spacial score (nSPS) is 16.9. The van der Waals surface area contributed by atoms with Gasteiger partial charge in [-0.1, -0.05) is 24.3 Å². The summed E-state index contributed by atoms with van der Waals surface area (Å²) < 4.78 is 0. The summed E-state index contributed by atoms with van der Waals surface area (Å²) in [6, 6.07) is 12.2. The van der Waals surface area contributed by atoms with E-state index in [1.165, 1.54) is 6.08 Å². The fraction of sp³-hybridized carbons (Fsp3) is 0.231. The summed E-state index contributed by atoms with van der Waals surface area (Å²) in [7, 11) is 0. The van der Waals surface area contributed by atoms with E-state index in [4.69, 9.17) is 10.5 Å². The standard InChI is InChI=1S/C13H10N2/c14-9-1-2-11-3-5-12(6-4-11)13(10-15)7-8-13/h1-6H,7-8H2. The molecule has 0 bridgehead atoms. The lowest BCUT2D eigenvalue weighted by molar-refractivity contribution is 0.908. The third-order valence-corrected chi connectivity index (χ3v) is 2.78. The number of allylic oxidation sites excluding steroid dienone is 1. The Morgan fingerprint density at radius 2 is 1.80 bits per heavy atom. The smallest absolute Gasteiger partial charge is 0.0912 e. The van der Waals surface area contributed by atoms with Gasteiger partial charge in [0.25, 0.3) is 0 Å². The van der Waals surface area contributed by atoms with Crippen LogP contribution in [0.3, 0.4) is 0 Å². The van der Waals surface area contributed by atoms with Crippen molar-refractivity contribution in [3.63, 3.8) is 0 Å². The second-order valence-electron chi connectivity index (χ2n) is 3.78. The van der Waals surface area contributed by atoms with Crippen LogP contribution in [0.25, 0.3) is 6.08 Å². The van der Waals surface area contributed by atoms with Crippen molar-refractivity contribution in [2.75, 3.05) is 0 Å². The highest BCUT2D eigenvalue weighted by Gasteiger charge is 2.44. The lowest BCUT2D eigenvalue weighted by Crippen LogP contribution is -2.01. The Labute approximate surface area is 89.1 Å². The molecular formula is C13H10N2. The monoisotopic (exact) mass is 194 g/mol. The molecule has 0 heterocycles. The first-order valence-electron chi connectivity index (χ1n) is 4.89. The summed E-state index contributed by atoms with van der Waals surface area (Å²) in [5, 5.41) is 17.4. The molecule has 0 aliphatic heterocycles. The predicted octanol–water partition coefficient (Wildman–Crippen LogP) is 2.78. The van der Waals surface area contributed by atoms with Crippen molar-refractivity contribution in [3.8, 4) is 12.1 Å². The fourth-order valence-electron chi connectivity index (χ4n) is 1.64. The molecule has 1 saturated carbocycles. The van der Waals surface area contributed by atoms with Crippen LogP contribution in [0.4, 0.5) is 0 Å². The van der Waals surface area contributed by atoms with Gasteiger partial charge >= 0.3 is 0 Å². The summed E-state index contributed by atoms with van der Waals surface area (Å²) >= 11 is 0. The van der Waals surface area contributed by atoms with Gasteiger partial charge < -0.3 is 0 Å². The Morgan fingerprint density at radius 3 is 2.27 bits per heavy atom. The molecule has 2 heteroatoms. The van der Waals surface area contributed by atoms with Crippen LogP contribution >= 0.6 is 0 Å². The van der Waals surface area contributed by atoms with E-state index in [0.29, 0.717) is 0 Å². The first kappa shape index (κ1) is 9.49. The van der Waals surface area contributed by atoms with Gasteiger partial charge in [-0.3, -0.25) is 0 Å². The molecule has 0 atom stereocenters. The predicted molar refractivity (Wildman–Crippen MR) is 57.6 cm³/mol. The van der Waals surface area contributed by atoms with E-state index in [2.05, 4.69) is 6.07 Å². The summed E-state index contributed by atoms with van der Waals surface area (Å²) in [6.45, 7) is 0. The van der Waals surface area contributed by atoms with Gasteiger partial charge in [-0.05, 0) is 30.0 Å². The van der Waals surface area contributed by atoms with Crippen LogP contribution < -0.4 is 0 Å². The van der Waals surface area contributed by atoms with Crippen LogP contribution in [0, 0.1) is 22.7 Å². The first-order valence-corrected chi connectivity index (χ1v) is 4.89. The van der Waals surface area contributed by atoms with Gasteiger partial charge in [-0.2, -0.15) is 10.5 Å². The Bertz CT molecular complexity index is 465. The van der Waals surface area contributed by atoms with Crippen LogP contribution in [0.1, 0.15) is 24.0 Å². The maximum Gasteiger partial charge on any atom is 0.0912 e. The molecule has 72 valence electrons. The minimum atomic E-state index is -0.211. The van der Waals surface area contributed by atoms with Crippen LogP contribution in [0.2, 0.25) is 0 Å². The molecule has 1 aliphatic rings. The van der Waals surface area contributed by atoms with Crippen molar-refractivity contribution in [2.45, 2.75) is 18.3 Å². The lowest BCUT2D eigenvalue weighted by Gasteiger charge is -2.05. The molecule has 0 saturated heterocycles. The fourth-order valence-corrected chi connectivity index (χ4v) is 1.64. The highest BCUT2D eigenvalue weighted by atomic mass is 14.5. The molecule has 1 aromatic rings. The molecule has 0 aromatic heterocycles. The molecule has 0 spiro atoms. The van der Waals surface area contributed by atoms with Gasteiger partial charge in [-0.15, -0.1) is 0 Å². The average molecular weight is 194 g/mol. The number of hydrogen-bond donors (Lipinski definition) is 0. The quantitative estimate of drug-likeness (QED) is 0.679. The summed E-state index contributed by atoms with van der Waals surface area (Å²) in [4.78, 5) is 0. The SMILES string of the molecule is N#CC=Cc1ccc(C2(C#N)CC2)cc1. The molecule has 2 rings (SSSR count). The van der Waals surface area contributed by atoms with Gasteiger partial charge in [0.15, 0.2) is 0 Å². The third-order valence-electron chi connectivity index (χ3n) is 2.78. The maximum absolute atomic E-state index is 9.01. The molecule has 1 fully saturated rings. The van der Waals surface area contributed by atoms with Crippen LogP contribution in [0.15, 0.2) is 30.3 Å². The number of nitriles is 2. The highest BCUT2D eigenvalue weighted by molar-refractivity contribution is 5.53. The Balaban J connectivity index is 2.23. The minimum absolute atomic E-state index is 0.211. The van der Waals surface area contributed by atoms with E-state index in [-0.39, 0.29) is 5.41 Å². The van der Waals surface area contributed by atoms with Gasteiger partial charge in [0.05, 0.1) is 17.6 Å². The molecule has 1 aliphatic carbocycles. The van der Waals surface area contributed by atoms with Crippen molar-refractivity contribution < 1.29 is 0 Å². The van der Waals surface area contributed by atoms with E-state index in [9.17, 15) is 0 Å². The molecule has 0 N–H and O–H groups in total. The zero-order valence-electron chi connectivity index (χ0n) is 8.27. The summed E-state index contributed by atoms with van der Waals surface area (Å²) in [5.41, 5.74) is 1.88. The number of hydrogen-bond acceptors (Lipinski definition) is 2. The molecular weight excluding hydrogens is 184 g/mol. The minimum Gasteiger partial charge on any atom is -0.197 e. The average Bonchev–Trinajstić information content (AvgIpc) is 3.08. The van der Waals surface area contributed by atoms with E-state index < -0.39 is 0 Å². The van der Waals surface area contributed by atoms with Crippen molar-refractivity contribution in [3.05, 3.63) is 41.5 Å². The topological polar surface area (TPSA) is 47.6 Å². The second-order valence-corrected chi connectivity index (χ2v) is 3.78. The van der Waals surface area contributed by atoms with Gasteiger partial charge in [0.2, 0.25) is 0 Å². The maximum atomic E-state index is 9.01. The van der Waals surface area contributed by atoms with Gasteiger partial charge in [0.1, 0.15) is 0 Å². The van der Waals surface area contributed by atoms with Gasteiger partial charge in [0, 0.05) is 6.08 Å². The van der Waals surface area contributed by atoms with E-state index in [1.807, 2.05) is 30.3 Å². The summed E-state index contributed by atoms with van der Waals surface area (Å²) in [6.07, 6.45) is 5.15. The van der Waals surface area contributed by atoms with Crippen molar-refractivity contribution >= 4 is 6.08 Å². The molecule has 0 unspecified atom stereocenters. The zero-order chi connectivity index (χ0) is 10.7. The molecule has 0 amide bonds. The number of benzene rings is 1. The first-order chi connectivity index (χ1) is 7.30. The number of rotatable bonds is 2. The lowest BCUT2D eigenvalue weighted by atomic mass is 9.97. The molecule has 2 nitrogen and oxygen atoms in total. The Kier molecular flexibility index (Phi) is 2.27. The van der Waals surface area contributed by atoms with Gasteiger partial charge in [-0.25, -0.2) is 0 Å². The van der Waals surface area contributed by atoms with Crippen LogP contribution in [-0.4, -0.2) is 0 Å². The van der Waals surface area contributed by atoms with Crippen LogP contribution in [-0.2, 0) is 5.41 Å². The van der Waals surface area contributed by atoms with E-state index in [0.717, 1.165) is 24.0 Å². The number of nitrogens with zero attached hydrogens (tertiary/aromatic N) is 2. The second kappa shape index (κ2) is 3.59. The molecule has 0 radical (unpaired) electrons. The molecule has 1 aromatic carbocycles. The van der Waals surface area contributed by atoms with Crippen LogP contribution in [0.5, 0.6) is 0 Å². The van der Waals surface area contributed by atoms with Crippen molar-refractivity contribution in [2.24, 2.45) is 0 Å². The Hall–Kier alpha value is -2.06. The molecule has 15 heavy (non-hydrogen) atoms. The van der Waals surface area contributed by atoms with Crippen molar-refractivity contribution in [1.82, 2.24) is 0 Å². The zero-order valence-corrected chi connectivity index (χ0v) is 8.27. The van der Waals surface area contributed by atoms with E-state index >= 15 is 0 Å². The largest absolute Gasteiger partial charge is 0.197 e. The highest BCUT2D eigenvalue weighted by Crippen LogP contribution is 2.47.